The molecule has 1 aliphatic rings. The summed E-state index contributed by atoms with van der Waals surface area (Å²) in [6, 6.07) is 5.74. The molecule has 0 radical (unpaired) electrons. The molecule has 8 nitrogen and oxygen atoms in total. The number of nitrogens with zero attached hydrogens (tertiary/aromatic N) is 2. The van der Waals surface area contributed by atoms with Gasteiger partial charge in [0.25, 0.3) is 0 Å². The standard InChI is InChI=1S/C20H18N4O4S2/c1-2-27-20(26)28-11-4-5-12-14(8-11)29-18-16(12)17(21-9-22-18)23-10-3-6-13-15(7-10)30-19(25)24-13/h3,6-7,9,11H,2,4-5,8H2,1H3,(H,24,25)(H,21,22,23). The number of aromatic nitrogens is 3. The largest absolute Gasteiger partial charge is 0.508 e. The van der Waals surface area contributed by atoms with Crippen molar-refractivity contribution in [3.8, 4) is 0 Å². The summed E-state index contributed by atoms with van der Waals surface area (Å²) >= 11 is 2.79. The SMILES string of the molecule is CCOC(=O)OC1CCc2c(sc3ncnc(Nc4ccc5[nH]c(=O)sc5c4)c23)C1. The summed E-state index contributed by atoms with van der Waals surface area (Å²) in [5.41, 5.74) is 2.88. The molecule has 30 heavy (non-hydrogen) atoms. The summed E-state index contributed by atoms with van der Waals surface area (Å²) < 4.78 is 11.2. The van der Waals surface area contributed by atoms with Crippen molar-refractivity contribution < 1.29 is 14.3 Å². The first-order valence-corrected chi connectivity index (χ1v) is 11.2. The van der Waals surface area contributed by atoms with Gasteiger partial charge in [-0.05, 0) is 43.5 Å². The van der Waals surface area contributed by atoms with Gasteiger partial charge in [0, 0.05) is 17.0 Å². The van der Waals surface area contributed by atoms with E-state index in [1.54, 1.807) is 24.6 Å². The first-order valence-electron chi connectivity index (χ1n) is 9.59. The van der Waals surface area contributed by atoms with Crippen LogP contribution in [0.1, 0.15) is 23.8 Å². The van der Waals surface area contributed by atoms with Crippen molar-refractivity contribution in [3.63, 3.8) is 0 Å². The van der Waals surface area contributed by atoms with Gasteiger partial charge in [-0.25, -0.2) is 14.8 Å². The maximum Gasteiger partial charge on any atom is 0.508 e. The Morgan fingerprint density at radius 2 is 2.23 bits per heavy atom. The lowest BCUT2D eigenvalue weighted by molar-refractivity contribution is 0.0223. The molecule has 10 heteroatoms. The van der Waals surface area contributed by atoms with Crippen molar-refractivity contribution in [3.05, 3.63) is 44.6 Å². The molecule has 0 amide bonds. The number of thiazole rings is 1. The highest BCUT2D eigenvalue weighted by Crippen LogP contribution is 2.39. The molecule has 0 saturated heterocycles. The minimum atomic E-state index is -0.614. The number of fused-ring (bicyclic) bond motifs is 4. The van der Waals surface area contributed by atoms with Crippen molar-refractivity contribution in [1.29, 1.82) is 0 Å². The molecular weight excluding hydrogens is 424 g/mol. The summed E-state index contributed by atoms with van der Waals surface area (Å²) in [6.45, 7) is 2.06. The zero-order chi connectivity index (χ0) is 20.7. The Hall–Kier alpha value is -2.98. The molecule has 2 N–H and O–H groups in total. The number of aryl methyl sites for hydroxylation is 1. The summed E-state index contributed by atoms with van der Waals surface area (Å²) in [6.07, 6.45) is 2.91. The molecule has 5 rings (SSSR count). The lowest BCUT2D eigenvalue weighted by atomic mass is 9.94. The van der Waals surface area contributed by atoms with Gasteiger partial charge in [0.15, 0.2) is 0 Å². The number of carbonyl (C=O) groups excluding carboxylic acids is 1. The lowest BCUT2D eigenvalue weighted by Crippen LogP contribution is -2.25. The highest BCUT2D eigenvalue weighted by Gasteiger charge is 2.27. The van der Waals surface area contributed by atoms with E-state index in [9.17, 15) is 9.59 Å². The van der Waals surface area contributed by atoms with E-state index < -0.39 is 6.16 Å². The highest BCUT2D eigenvalue weighted by molar-refractivity contribution is 7.19. The second kappa shape index (κ2) is 7.69. The molecule has 0 saturated carbocycles. The molecule has 1 aromatic carbocycles. The zero-order valence-electron chi connectivity index (χ0n) is 16.1. The fourth-order valence-corrected chi connectivity index (χ4v) is 5.75. The number of benzene rings is 1. The van der Waals surface area contributed by atoms with E-state index in [1.165, 1.54) is 16.9 Å². The predicted octanol–water partition coefficient (Wildman–Crippen LogP) is 4.37. The topological polar surface area (TPSA) is 106 Å². The molecule has 1 atom stereocenters. The summed E-state index contributed by atoms with van der Waals surface area (Å²) in [5, 5.41) is 4.39. The molecule has 1 unspecified atom stereocenters. The first-order chi connectivity index (χ1) is 14.6. The van der Waals surface area contributed by atoms with Crippen LogP contribution in [0.2, 0.25) is 0 Å². The number of carbonyl (C=O) groups is 1. The van der Waals surface area contributed by atoms with Gasteiger partial charge in [-0.15, -0.1) is 11.3 Å². The van der Waals surface area contributed by atoms with Gasteiger partial charge in [-0.3, -0.25) is 4.79 Å². The Morgan fingerprint density at radius 3 is 3.10 bits per heavy atom. The molecule has 0 fully saturated rings. The second-order valence-corrected chi connectivity index (χ2v) is 9.02. The van der Waals surface area contributed by atoms with E-state index in [2.05, 4.69) is 20.3 Å². The first kappa shape index (κ1) is 19.0. The molecular formula is C20H18N4O4S2. The minimum absolute atomic E-state index is 0.0712. The molecule has 0 aliphatic heterocycles. The third-order valence-electron chi connectivity index (χ3n) is 5.01. The molecule has 0 spiro atoms. The molecule has 3 aromatic heterocycles. The van der Waals surface area contributed by atoms with E-state index >= 15 is 0 Å². The van der Waals surface area contributed by atoms with E-state index in [0.717, 1.165) is 49.7 Å². The number of hydrogen-bond acceptors (Lipinski definition) is 9. The lowest BCUT2D eigenvalue weighted by Gasteiger charge is -2.22. The highest BCUT2D eigenvalue weighted by atomic mass is 32.1. The predicted molar refractivity (Wildman–Crippen MR) is 117 cm³/mol. The monoisotopic (exact) mass is 442 g/mol. The molecule has 4 aromatic rings. The number of ether oxygens (including phenoxy) is 2. The van der Waals surface area contributed by atoms with Crippen LogP contribution < -0.4 is 10.2 Å². The van der Waals surface area contributed by atoms with E-state index in [1.807, 2.05) is 18.2 Å². The number of rotatable bonds is 4. The summed E-state index contributed by atoms with van der Waals surface area (Å²) in [5.74, 6) is 0.740. The Morgan fingerprint density at radius 1 is 1.33 bits per heavy atom. The Bertz CT molecular complexity index is 1310. The maximum atomic E-state index is 11.7. The second-order valence-electron chi connectivity index (χ2n) is 6.92. The van der Waals surface area contributed by atoms with Gasteiger partial charge in [-0.2, -0.15) is 0 Å². The van der Waals surface area contributed by atoms with Crippen molar-refractivity contribution in [2.45, 2.75) is 32.3 Å². The number of hydrogen-bond donors (Lipinski definition) is 2. The number of aromatic amines is 1. The fourth-order valence-electron chi connectivity index (χ4n) is 3.72. The van der Waals surface area contributed by atoms with Crippen LogP contribution >= 0.6 is 22.7 Å². The summed E-state index contributed by atoms with van der Waals surface area (Å²) in [7, 11) is 0. The van der Waals surface area contributed by atoms with Crippen LogP contribution in [0.5, 0.6) is 0 Å². The van der Waals surface area contributed by atoms with Crippen LogP contribution in [0.15, 0.2) is 29.3 Å². The Labute approximate surface area is 178 Å². The number of thiophene rings is 1. The van der Waals surface area contributed by atoms with Crippen LogP contribution in [0.3, 0.4) is 0 Å². The molecule has 1 aliphatic carbocycles. The van der Waals surface area contributed by atoms with Crippen LogP contribution in [0.4, 0.5) is 16.3 Å². The van der Waals surface area contributed by atoms with Crippen molar-refractivity contribution in [2.24, 2.45) is 0 Å². The zero-order valence-corrected chi connectivity index (χ0v) is 17.7. The van der Waals surface area contributed by atoms with Crippen LogP contribution in [-0.2, 0) is 22.3 Å². The van der Waals surface area contributed by atoms with Crippen molar-refractivity contribution in [2.75, 3.05) is 11.9 Å². The smallest absolute Gasteiger partial charge is 0.435 e. The maximum absolute atomic E-state index is 11.7. The number of H-pyrrole nitrogens is 1. The summed E-state index contributed by atoms with van der Waals surface area (Å²) in [4.78, 5) is 36.9. The van der Waals surface area contributed by atoms with Crippen LogP contribution in [0.25, 0.3) is 20.4 Å². The number of nitrogens with one attached hydrogen (secondary N) is 2. The third-order valence-corrected chi connectivity index (χ3v) is 7.02. The van der Waals surface area contributed by atoms with Gasteiger partial charge in [0.2, 0.25) is 0 Å². The molecule has 3 heterocycles. The van der Waals surface area contributed by atoms with Crippen LogP contribution in [-0.4, -0.2) is 33.8 Å². The van der Waals surface area contributed by atoms with Crippen LogP contribution in [0, 0.1) is 0 Å². The van der Waals surface area contributed by atoms with Gasteiger partial charge in [-0.1, -0.05) is 11.3 Å². The average molecular weight is 443 g/mol. The number of anilines is 2. The average Bonchev–Trinajstić information content (AvgIpc) is 3.27. The normalized spacial score (nSPS) is 15.8. The van der Waals surface area contributed by atoms with E-state index in [4.69, 9.17) is 9.47 Å². The third kappa shape index (κ3) is 3.52. The minimum Gasteiger partial charge on any atom is -0.435 e. The van der Waals surface area contributed by atoms with E-state index in [-0.39, 0.29) is 11.0 Å². The fraction of sp³-hybridized carbons (Fsp3) is 0.300. The Kier molecular flexibility index (Phi) is 4.87. The Balaban J connectivity index is 1.45. The van der Waals surface area contributed by atoms with Gasteiger partial charge in [0.1, 0.15) is 23.1 Å². The van der Waals surface area contributed by atoms with Crippen molar-refractivity contribution in [1.82, 2.24) is 15.0 Å². The quantitative estimate of drug-likeness (QED) is 0.452. The van der Waals surface area contributed by atoms with Crippen molar-refractivity contribution >= 4 is 60.8 Å². The molecule has 0 bridgehead atoms. The van der Waals surface area contributed by atoms with E-state index in [0.29, 0.717) is 13.0 Å². The van der Waals surface area contributed by atoms with Gasteiger partial charge >= 0.3 is 11.0 Å². The van der Waals surface area contributed by atoms with Gasteiger partial charge in [0.05, 0.1) is 22.2 Å². The van der Waals surface area contributed by atoms with Gasteiger partial charge < -0.3 is 19.8 Å². The molecule has 154 valence electrons.